The topological polar surface area (TPSA) is 75.5 Å². The maximum absolute atomic E-state index is 11.0. The van der Waals surface area contributed by atoms with Crippen LogP contribution in [-0.4, -0.2) is 46.1 Å². The van der Waals surface area contributed by atoms with Gasteiger partial charge in [0.25, 0.3) is 0 Å². The zero-order chi connectivity index (χ0) is 16.7. The number of ether oxygens (including phenoxy) is 1. The highest BCUT2D eigenvalue weighted by molar-refractivity contribution is 5.74. The van der Waals surface area contributed by atoms with Crippen molar-refractivity contribution in [1.82, 2.24) is 14.9 Å². The fourth-order valence-electron chi connectivity index (χ4n) is 3.77. The second kappa shape index (κ2) is 5.87. The molecule has 2 aliphatic rings. The van der Waals surface area contributed by atoms with Gasteiger partial charge >= 0.3 is 5.97 Å². The number of carbonyl (C=O) groups is 1. The molecule has 2 unspecified atom stereocenters. The number of likely N-dealkylation sites (tertiary alicyclic amines) is 1. The highest BCUT2D eigenvalue weighted by Crippen LogP contribution is 2.51. The number of piperidine rings is 1. The van der Waals surface area contributed by atoms with Crippen molar-refractivity contribution in [1.29, 1.82) is 0 Å². The van der Waals surface area contributed by atoms with E-state index in [0.717, 1.165) is 36.5 Å². The SMILES string of the molecule is COc1ccccc1-c1ncc(CN2CC3C(C2)C3C(=O)O)cn1. The number of carboxylic acid groups (broad SMARTS) is 1. The van der Waals surface area contributed by atoms with Crippen molar-refractivity contribution in [2.75, 3.05) is 20.2 Å². The van der Waals surface area contributed by atoms with Crippen molar-refractivity contribution >= 4 is 5.97 Å². The monoisotopic (exact) mass is 325 g/mol. The van der Waals surface area contributed by atoms with E-state index in [0.29, 0.717) is 17.7 Å². The number of para-hydroxylation sites is 1. The van der Waals surface area contributed by atoms with E-state index in [-0.39, 0.29) is 5.92 Å². The molecule has 0 radical (unpaired) electrons. The van der Waals surface area contributed by atoms with Gasteiger partial charge in [0.05, 0.1) is 18.6 Å². The third-order valence-electron chi connectivity index (χ3n) is 5.01. The van der Waals surface area contributed by atoms with E-state index >= 15 is 0 Å². The zero-order valence-electron chi connectivity index (χ0n) is 13.4. The Bertz CT molecular complexity index is 750. The van der Waals surface area contributed by atoms with E-state index in [1.165, 1.54) is 0 Å². The third-order valence-corrected chi connectivity index (χ3v) is 5.01. The normalized spacial score (nSPS) is 25.3. The second-order valence-corrected chi connectivity index (χ2v) is 6.50. The molecule has 2 fully saturated rings. The fourth-order valence-corrected chi connectivity index (χ4v) is 3.77. The maximum Gasteiger partial charge on any atom is 0.307 e. The average Bonchev–Trinajstić information content (AvgIpc) is 3.13. The number of methoxy groups -OCH3 is 1. The summed E-state index contributed by atoms with van der Waals surface area (Å²) in [6.07, 6.45) is 3.68. The third kappa shape index (κ3) is 2.63. The van der Waals surface area contributed by atoms with Gasteiger partial charge in [0.1, 0.15) is 5.75 Å². The fraction of sp³-hybridized carbons (Fsp3) is 0.389. The summed E-state index contributed by atoms with van der Waals surface area (Å²) < 4.78 is 5.35. The van der Waals surface area contributed by atoms with E-state index in [2.05, 4.69) is 14.9 Å². The lowest BCUT2D eigenvalue weighted by atomic mass is 10.2. The molecule has 1 aromatic heterocycles. The summed E-state index contributed by atoms with van der Waals surface area (Å²) in [7, 11) is 1.64. The smallest absolute Gasteiger partial charge is 0.307 e. The highest BCUT2D eigenvalue weighted by Gasteiger charge is 2.59. The Morgan fingerprint density at radius 2 is 1.92 bits per heavy atom. The number of aromatic nitrogens is 2. The first-order valence-corrected chi connectivity index (χ1v) is 8.07. The molecule has 1 saturated carbocycles. The quantitative estimate of drug-likeness (QED) is 0.905. The minimum atomic E-state index is -0.644. The Morgan fingerprint density at radius 3 is 2.54 bits per heavy atom. The van der Waals surface area contributed by atoms with E-state index in [9.17, 15) is 4.79 Å². The molecule has 1 aromatic carbocycles. The molecule has 1 N–H and O–H groups in total. The number of rotatable bonds is 5. The summed E-state index contributed by atoms with van der Waals surface area (Å²) >= 11 is 0. The molecule has 0 amide bonds. The van der Waals surface area contributed by atoms with Gasteiger partial charge in [0.15, 0.2) is 5.82 Å². The summed E-state index contributed by atoms with van der Waals surface area (Å²) in [6.45, 7) is 2.48. The number of carboxylic acids is 1. The first-order chi connectivity index (χ1) is 11.7. The van der Waals surface area contributed by atoms with Crippen molar-refractivity contribution in [3.8, 4) is 17.1 Å². The minimum Gasteiger partial charge on any atom is -0.496 e. The molecule has 2 heterocycles. The Labute approximate surface area is 140 Å². The first kappa shape index (κ1) is 15.1. The zero-order valence-corrected chi connectivity index (χ0v) is 13.4. The standard InChI is InChI=1S/C18H19N3O3/c1-24-15-5-3-2-4-12(15)17-19-6-11(7-20-17)8-21-9-13-14(10-21)16(13)18(22)23/h2-7,13-14,16H,8-10H2,1H3,(H,22,23). The molecule has 1 aliphatic carbocycles. The molecular formula is C18H19N3O3. The van der Waals surface area contributed by atoms with Crippen LogP contribution in [0.4, 0.5) is 0 Å². The molecular weight excluding hydrogens is 306 g/mol. The summed E-state index contributed by atoms with van der Waals surface area (Å²) in [5.74, 6) is 1.29. The van der Waals surface area contributed by atoms with Crippen LogP contribution in [0.3, 0.4) is 0 Å². The van der Waals surface area contributed by atoms with Crippen molar-refractivity contribution in [2.24, 2.45) is 17.8 Å². The number of aliphatic carboxylic acids is 1. The average molecular weight is 325 g/mol. The number of benzene rings is 1. The Balaban J connectivity index is 1.41. The highest BCUT2D eigenvalue weighted by atomic mass is 16.5. The van der Waals surface area contributed by atoms with E-state index < -0.39 is 5.97 Å². The van der Waals surface area contributed by atoms with Gasteiger partial charge in [-0.3, -0.25) is 9.69 Å². The van der Waals surface area contributed by atoms with Crippen LogP contribution >= 0.6 is 0 Å². The number of hydrogen-bond donors (Lipinski definition) is 1. The predicted molar refractivity (Wildman–Crippen MR) is 87.4 cm³/mol. The van der Waals surface area contributed by atoms with Gasteiger partial charge in [-0.05, 0) is 24.0 Å². The van der Waals surface area contributed by atoms with Crippen LogP contribution in [0.5, 0.6) is 5.75 Å². The summed E-state index contributed by atoms with van der Waals surface area (Å²) in [4.78, 5) is 22.2. The minimum absolute atomic E-state index is 0.120. The van der Waals surface area contributed by atoms with Gasteiger partial charge < -0.3 is 9.84 Å². The van der Waals surface area contributed by atoms with Crippen LogP contribution < -0.4 is 4.74 Å². The van der Waals surface area contributed by atoms with Crippen LogP contribution in [0, 0.1) is 17.8 Å². The molecule has 1 aliphatic heterocycles. The van der Waals surface area contributed by atoms with Crippen molar-refractivity contribution < 1.29 is 14.6 Å². The van der Waals surface area contributed by atoms with Gasteiger partial charge in [-0.25, -0.2) is 9.97 Å². The van der Waals surface area contributed by atoms with Crippen LogP contribution in [0.2, 0.25) is 0 Å². The molecule has 4 rings (SSSR count). The summed E-state index contributed by atoms with van der Waals surface area (Å²) in [5.41, 5.74) is 1.92. The molecule has 0 spiro atoms. The number of fused-ring (bicyclic) bond motifs is 1. The lowest BCUT2D eigenvalue weighted by Gasteiger charge is -2.18. The van der Waals surface area contributed by atoms with Gasteiger partial charge in [0, 0.05) is 37.6 Å². The molecule has 2 aromatic rings. The summed E-state index contributed by atoms with van der Waals surface area (Å²) in [5, 5.41) is 9.07. The lowest BCUT2D eigenvalue weighted by Crippen LogP contribution is -2.26. The van der Waals surface area contributed by atoms with Crippen LogP contribution in [0.1, 0.15) is 5.56 Å². The van der Waals surface area contributed by atoms with Crippen molar-refractivity contribution in [2.45, 2.75) is 6.54 Å². The first-order valence-electron chi connectivity index (χ1n) is 8.07. The molecule has 24 heavy (non-hydrogen) atoms. The molecule has 0 bridgehead atoms. The van der Waals surface area contributed by atoms with Crippen LogP contribution in [0.15, 0.2) is 36.7 Å². The van der Waals surface area contributed by atoms with Gasteiger partial charge in [0.2, 0.25) is 0 Å². The molecule has 6 nitrogen and oxygen atoms in total. The van der Waals surface area contributed by atoms with Crippen LogP contribution in [0.25, 0.3) is 11.4 Å². The van der Waals surface area contributed by atoms with E-state index in [4.69, 9.17) is 9.84 Å². The van der Waals surface area contributed by atoms with E-state index in [1.807, 2.05) is 36.7 Å². The van der Waals surface area contributed by atoms with Crippen molar-refractivity contribution in [3.63, 3.8) is 0 Å². The van der Waals surface area contributed by atoms with Gasteiger partial charge in [-0.2, -0.15) is 0 Å². The second-order valence-electron chi connectivity index (χ2n) is 6.50. The largest absolute Gasteiger partial charge is 0.496 e. The Kier molecular flexibility index (Phi) is 3.69. The van der Waals surface area contributed by atoms with Gasteiger partial charge in [-0.15, -0.1) is 0 Å². The maximum atomic E-state index is 11.0. The number of hydrogen-bond acceptors (Lipinski definition) is 5. The summed E-state index contributed by atoms with van der Waals surface area (Å²) in [6, 6.07) is 7.68. The number of nitrogens with zero attached hydrogens (tertiary/aromatic N) is 3. The Hall–Kier alpha value is -2.47. The molecule has 6 heteroatoms. The predicted octanol–water partition coefficient (Wildman–Crippen LogP) is 1.91. The van der Waals surface area contributed by atoms with E-state index in [1.54, 1.807) is 7.11 Å². The Morgan fingerprint density at radius 1 is 1.25 bits per heavy atom. The van der Waals surface area contributed by atoms with Crippen molar-refractivity contribution in [3.05, 3.63) is 42.2 Å². The lowest BCUT2D eigenvalue weighted by molar-refractivity contribution is -0.139. The molecule has 1 saturated heterocycles. The molecule has 2 atom stereocenters. The van der Waals surface area contributed by atoms with Gasteiger partial charge in [-0.1, -0.05) is 12.1 Å². The van der Waals surface area contributed by atoms with Crippen LogP contribution in [-0.2, 0) is 11.3 Å². The molecule has 124 valence electrons.